The van der Waals surface area contributed by atoms with E-state index >= 15 is 0 Å². The molecule has 1 amide bonds. The Morgan fingerprint density at radius 3 is 2.36 bits per heavy atom. The first-order valence-electron chi connectivity index (χ1n) is 8.75. The first-order valence-corrected chi connectivity index (χ1v) is 8.75. The summed E-state index contributed by atoms with van der Waals surface area (Å²) >= 11 is 0. The Labute approximate surface area is 159 Å². The number of nitrogens with one attached hydrogen (secondary N) is 1. The van der Waals surface area contributed by atoms with Gasteiger partial charge in [-0.3, -0.25) is 9.59 Å². The Balaban J connectivity index is 1.78. The van der Waals surface area contributed by atoms with Crippen molar-refractivity contribution in [2.45, 2.75) is 12.8 Å². The molecule has 1 heterocycles. The number of halogens is 4. The highest BCUT2D eigenvalue weighted by molar-refractivity contribution is 6.05. The van der Waals surface area contributed by atoms with E-state index in [0.29, 0.717) is 5.56 Å². The Morgan fingerprint density at radius 2 is 1.68 bits per heavy atom. The largest absolute Gasteiger partial charge is 0.322 e. The molecule has 1 fully saturated rings. The smallest absolute Gasteiger partial charge is 0.258 e. The van der Waals surface area contributed by atoms with E-state index in [2.05, 4.69) is 10.2 Å². The van der Waals surface area contributed by atoms with Gasteiger partial charge in [-0.05, 0) is 51.2 Å². The number of ketones is 1. The van der Waals surface area contributed by atoms with Gasteiger partial charge in [-0.25, -0.2) is 17.6 Å². The van der Waals surface area contributed by atoms with Gasteiger partial charge in [0.1, 0.15) is 0 Å². The third kappa shape index (κ3) is 4.06. The molecule has 0 aliphatic carbocycles. The van der Waals surface area contributed by atoms with E-state index < -0.39 is 34.7 Å². The second-order valence-corrected chi connectivity index (χ2v) is 6.82. The number of nitrogens with zero attached hydrogens (tertiary/aromatic N) is 1. The monoisotopic (exact) mass is 394 g/mol. The SMILES string of the molecule is CN1CCC(C(=O)c2cccc(NC(=O)c3cc(F)c(F)c(F)c3F)c2)CC1. The van der Waals surface area contributed by atoms with Gasteiger partial charge in [-0.1, -0.05) is 12.1 Å². The van der Waals surface area contributed by atoms with Crippen LogP contribution >= 0.6 is 0 Å². The van der Waals surface area contributed by atoms with E-state index in [0.717, 1.165) is 25.9 Å². The molecule has 0 radical (unpaired) electrons. The van der Waals surface area contributed by atoms with Crippen LogP contribution in [-0.4, -0.2) is 36.7 Å². The maximum absolute atomic E-state index is 13.8. The molecule has 2 aromatic carbocycles. The highest BCUT2D eigenvalue weighted by Gasteiger charge is 2.25. The van der Waals surface area contributed by atoms with E-state index in [-0.39, 0.29) is 23.5 Å². The van der Waals surface area contributed by atoms with Gasteiger partial charge in [-0.2, -0.15) is 0 Å². The Hall–Kier alpha value is -2.74. The van der Waals surface area contributed by atoms with Crippen molar-refractivity contribution in [3.63, 3.8) is 0 Å². The van der Waals surface area contributed by atoms with E-state index in [1.165, 1.54) is 12.1 Å². The van der Waals surface area contributed by atoms with Crippen molar-refractivity contribution in [1.82, 2.24) is 4.90 Å². The van der Waals surface area contributed by atoms with Crippen LogP contribution in [-0.2, 0) is 0 Å². The topological polar surface area (TPSA) is 49.4 Å². The van der Waals surface area contributed by atoms with Gasteiger partial charge in [0.25, 0.3) is 5.91 Å². The van der Waals surface area contributed by atoms with E-state index in [4.69, 9.17) is 0 Å². The Morgan fingerprint density at radius 1 is 1.00 bits per heavy atom. The van der Waals surface area contributed by atoms with Gasteiger partial charge < -0.3 is 10.2 Å². The van der Waals surface area contributed by atoms with Gasteiger partial charge in [-0.15, -0.1) is 0 Å². The van der Waals surface area contributed by atoms with Gasteiger partial charge >= 0.3 is 0 Å². The van der Waals surface area contributed by atoms with Gasteiger partial charge in [0.2, 0.25) is 0 Å². The number of anilines is 1. The third-order valence-electron chi connectivity index (χ3n) is 4.84. The molecule has 0 saturated carbocycles. The quantitative estimate of drug-likeness (QED) is 0.369. The zero-order chi connectivity index (χ0) is 20.4. The summed E-state index contributed by atoms with van der Waals surface area (Å²) in [7, 11) is 1.98. The van der Waals surface area contributed by atoms with Crippen molar-refractivity contribution < 1.29 is 27.2 Å². The molecular weight excluding hydrogens is 376 g/mol. The van der Waals surface area contributed by atoms with Crippen molar-refractivity contribution in [2.24, 2.45) is 5.92 Å². The molecule has 2 aromatic rings. The molecule has 0 aromatic heterocycles. The molecule has 0 atom stereocenters. The molecule has 8 heteroatoms. The summed E-state index contributed by atoms with van der Waals surface area (Å²) < 4.78 is 53.5. The second-order valence-electron chi connectivity index (χ2n) is 6.82. The van der Waals surface area contributed by atoms with E-state index in [9.17, 15) is 27.2 Å². The number of carbonyl (C=O) groups excluding carboxylic acids is 2. The molecule has 4 nitrogen and oxygen atoms in total. The molecule has 28 heavy (non-hydrogen) atoms. The van der Waals surface area contributed by atoms with Crippen molar-refractivity contribution in [3.8, 4) is 0 Å². The average molecular weight is 394 g/mol. The summed E-state index contributed by atoms with van der Waals surface area (Å²) in [5.74, 6) is -8.84. The number of benzene rings is 2. The zero-order valence-corrected chi connectivity index (χ0v) is 15.1. The lowest BCUT2D eigenvalue weighted by Gasteiger charge is -2.28. The number of carbonyl (C=O) groups is 2. The fraction of sp³-hybridized carbons (Fsp3) is 0.300. The van der Waals surface area contributed by atoms with Crippen molar-refractivity contribution in [2.75, 3.05) is 25.5 Å². The molecular formula is C20H18F4N2O2. The van der Waals surface area contributed by atoms with Crippen molar-refractivity contribution in [1.29, 1.82) is 0 Å². The minimum atomic E-state index is -2.06. The fourth-order valence-electron chi connectivity index (χ4n) is 3.19. The highest BCUT2D eigenvalue weighted by Crippen LogP contribution is 2.24. The molecule has 0 spiro atoms. The summed E-state index contributed by atoms with van der Waals surface area (Å²) in [4.78, 5) is 27.0. The summed E-state index contributed by atoms with van der Waals surface area (Å²) in [6, 6.07) is 6.31. The van der Waals surface area contributed by atoms with Gasteiger partial charge in [0.05, 0.1) is 5.56 Å². The Kier molecular flexibility index (Phi) is 5.79. The van der Waals surface area contributed by atoms with Crippen LogP contribution in [0.1, 0.15) is 33.6 Å². The van der Waals surface area contributed by atoms with E-state index in [1.807, 2.05) is 7.05 Å². The molecule has 1 saturated heterocycles. The maximum Gasteiger partial charge on any atom is 0.258 e. The lowest BCUT2D eigenvalue weighted by Crippen LogP contribution is -2.33. The predicted octanol–water partition coefficient (Wildman–Crippen LogP) is 4.02. The van der Waals surface area contributed by atoms with Crippen LogP contribution in [0.2, 0.25) is 0 Å². The first-order chi connectivity index (χ1) is 13.3. The fourth-order valence-corrected chi connectivity index (χ4v) is 3.19. The zero-order valence-electron chi connectivity index (χ0n) is 15.1. The molecule has 1 N–H and O–H groups in total. The summed E-state index contributed by atoms with van der Waals surface area (Å²) in [5.41, 5.74) is -0.430. The third-order valence-corrected chi connectivity index (χ3v) is 4.84. The summed E-state index contributed by atoms with van der Waals surface area (Å²) in [6.45, 7) is 1.63. The number of Topliss-reactive ketones (excluding diaryl/α,β-unsaturated/α-hetero) is 1. The number of piperidine rings is 1. The summed E-state index contributed by atoms with van der Waals surface area (Å²) in [6.07, 6.45) is 1.45. The number of rotatable bonds is 4. The average Bonchev–Trinajstić information content (AvgIpc) is 2.69. The normalized spacial score (nSPS) is 15.5. The van der Waals surface area contributed by atoms with Crippen molar-refractivity contribution in [3.05, 3.63) is 64.7 Å². The van der Waals surface area contributed by atoms with Gasteiger partial charge in [0.15, 0.2) is 29.1 Å². The molecule has 0 bridgehead atoms. The number of likely N-dealkylation sites (tertiary alicyclic amines) is 1. The number of hydrogen-bond donors (Lipinski definition) is 1. The summed E-state index contributed by atoms with van der Waals surface area (Å²) in [5, 5.41) is 2.28. The molecule has 148 valence electrons. The highest BCUT2D eigenvalue weighted by atomic mass is 19.2. The van der Waals surface area contributed by atoms with Crippen LogP contribution in [0.4, 0.5) is 23.2 Å². The number of amides is 1. The lowest BCUT2D eigenvalue weighted by atomic mass is 9.89. The van der Waals surface area contributed by atoms with E-state index in [1.54, 1.807) is 12.1 Å². The molecule has 1 aliphatic rings. The minimum Gasteiger partial charge on any atom is -0.322 e. The predicted molar refractivity (Wildman–Crippen MR) is 95.2 cm³/mol. The molecule has 0 unspecified atom stereocenters. The second kappa shape index (κ2) is 8.10. The minimum absolute atomic E-state index is 0.0609. The van der Waals surface area contributed by atoms with Crippen LogP contribution in [0.25, 0.3) is 0 Å². The van der Waals surface area contributed by atoms with Crippen LogP contribution in [0.3, 0.4) is 0 Å². The standard InChI is InChI=1S/C20H18F4N2O2/c1-26-7-5-11(6-8-26)19(27)12-3-2-4-13(9-12)25-20(28)14-10-15(21)17(23)18(24)16(14)22/h2-4,9-11H,5-8H2,1H3,(H,25,28). The van der Waals surface area contributed by atoms with Crippen LogP contribution in [0, 0.1) is 29.2 Å². The van der Waals surface area contributed by atoms with Crippen molar-refractivity contribution >= 4 is 17.4 Å². The Bertz CT molecular complexity index is 925. The first kappa shape index (κ1) is 20.0. The number of hydrogen-bond acceptors (Lipinski definition) is 3. The van der Waals surface area contributed by atoms with Gasteiger partial charge in [0, 0.05) is 17.2 Å². The van der Waals surface area contributed by atoms with Crippen LogP contribution < -0.4 is 5.32 Å². The lowest BCUT2D eigenvalue weighted by molar-refractivity contribution is 0.0856. The maximum atomic E-state index is 13.8. The van der Waals surface area contributed by atoms with Crippen LogP contribution in [0.5, 0.6) is 0 Å². The molecule has 1 aliphatic heterocycles. The molecule has 3 rings (SSSR count). The van der Waals surface area contributed by atoms with Crippen LogP contribution in [0.15, 0.2) is 30.3 Å².